The molecule has 0 aliphatic heterocycles. The maximum Gasteiger partial charge on any atom is 0.203 e. The van der Waals surface area contributed by atoms with Crippen molar-refractivity contribution in [3.63, 3.8) is 0 Å². The molecule has 0 radical (unpaired) electrons. The van der Waals surface area contributed by atoms with E-state index in [1.807, 2.05) is 26.0 Å². The van der Waals surface area contributed by atoms with Crippen molar-refractivity contribution in [2.75, 3.05) is 0 Å². The van der Waals surface area contributed by atoms with Crippen molar-refractivity contribution in [1.29, 1.82) is 0 Å². The molecule has 0 atom stereocenters. The molecule has 0 aliphatic carbocycles. The summed E-state index contributed by atoms with van der Waals surface area (Å²) in [5, 5.41) is 15.8. The molecule has 1 aromatic heterocycles. The van der Waals surface area contributed by atoms with Crippen LogP contribution in [0.3, 0.4) is 0 Å². The van der Waals surface area contributed by atoms with E-state index in [4.69, 9.17) is 0 Å². The zero-order valence-electron chi connectivity index (χ0n) is 9.02. The van der Waals surface area contributed by atoms with E-state index in [0.29, 0.717) is 11.6 Å². The summed E-state index contributed by atoms with van der Waals surface area (Å²) >= 11 is 0. The lowest BCUT2D eigenvalue weighted by molar-refractivity contribution is 0.816. The van der Waals surface area contributed by atoms with E-state index in [2.05, 4.69) is 26.5 Å². The van der Waals surface area contributed by atoms with Gasteiger partial charge in [-0.1, -0.05) is 17.2 Å². The first-order chi connectivity index (χ1) is 7.15. The first kappa shape index (κ1) is 9.71. The van der Waals surface area contributed by atoms with Crippen LogP contribution in [0.5, 0.6) is 0 Å². The van der Waals surface area contributed by atoms with Gasteiger partial charge in [-0.2, -0.15) is 0 Å². The van der Waals surface area contributed by atoms with Gasteiger partial charge in [0.25, 0.3) is 0 Å². The highest BCUT2D eigenvalue weighted by atomic mass is 15.3. The van der Waals surface area contributed by atoms with Gasteiger partial charge in [-0.15, -0.1) is 20.4 Å². The molecular formula is C11H12N4. The van der Waals surface area contributed by atoms with Gasteiger partial charge in [-0.05, 0) is 32.9 Å². The Bertz CT molecular complexity index is 456. The highest BCUT2D eigenvalue weighted by Gasteiger charge is 2.03. The number of aromatic nitrogens is 4. The molecule has 1 aromatic carbocycles. The summed E-state index contributed by atoms with van der Waals surface area (Å²) in [6, 6.07) is 6.17. The summed E-state index contributed by atoms with van der Waals surface area (Å²) in [6.07, 6.45) is 0. The van der Waals surface area contributed by atoms with Gasteiger partial charge in [0.05, 0.1) is 0 Å². The van der Waals surface area contributed by atoms with Crippen LogP contribution in [0.15, 0.2) is 18.2 Å². The highest BCUT2D eigenvalue weighted by molar-refractivity contribution is 5.56. The third-order valence-corrected chi connectivity index (χ3v) is 2.06. The first-order valence-electron chi connectivity index (χ1n) is 4.78. The summed E-state index contributed by atoms with van der Waals surface area (Å²) < 4.78 is 0. The molecule has 0 saturated heterocycles. The second-order valence-electron chi connectivity index (χ2n) is 3.65. The van der Waals surface area contributed by atoms with E-state index in [0.717, 1.165) is 5.56 Å². The van der Waals surface area contributed by atoms with Crippen molar-refractivity contribution in [2.45, 2.75) is 20.8 Å². The Balaban J connectivity index is 2.49. The Labute approximate surface area is 88.4 Å². The molecule has 4 heteroatoms. The van der Waals surface area contributed by atoms with E-state index in [1.165, 1.54) is 11.1 Å². The van der Waals surface area contributed by atoms with Crippen molar-refractivity contribution in [3.8, 4) is 11.4 Å². The smallest absolute Gasteiger partial charge is 0.131 e. The third kappa shape index (κ3) is 2.15. The SMILES string of the molecule is Cc1cc(C)cc(-c2nnc(C)nn2)c1. The molecule has 15 heavy (non-hydrogen) atoms. The number of benzene rings is 1. The number of nitrogens with zero attached hydrogens (tertiary/aromatic N) is 4. The van der Waals surface area contributed by atoms with E-state index in [1.54, 1.807) is 6.92 Å². The largest absolute Gasteiger partial charge is 0.203 e. The summed E-state index contributed by atoms with van der Waals surface area (Å²) in [6.45, 7) is 5.86. The number of hydrogen-bond acceptors (Lipinski definition) is 4. The maximum absolute atomic E-state index is 4.01. The molecule has 0 fully saturated rings. The molecule has 0 N–H and O–H groups in total. The molecule has 0 spiro atoms. The number of aryl methyl sites for hydroxylation is 3. The first-order valence-corrected chi connectivity index (χ1v) is 4.78. The number of hydrogen-bond donors (Lipinski definition) is 0. The standard InChI is InChI=1S/C11H12N4/c1-7-4-8(2)6-10(5-7)11-14-12-9(3)13-15-11/h4-6H,1-3H3. The normalized spacial score (nSPS) is 10.3. The Kier molecular flexibility index (Phi) is 2.41. The topological polar surface area (TPSA) is 51.6 Å². The zero-order valence-corrected chi connectivity index (χ0v) is 9.02. The van der Waals surface area contributed by atoms with Crippen LogP contribution >= 0.6 is 0 Å². The second kappa shape index (κ2) is 3.73. The van der Waals surface area contributed by atoms with Crippen LogP contribution < -0.4 is 0 Å². The van der Waals surface area contributed by atoms with Crippen molar-refractivity contribution >= 4 is 0 Å². The Hall–Kier alpha value is -1.84. The van der Waals surface area contributed by atoms with Gasteiger partial charge in [0, 0.05) is 5.56 Å². The highest BCUT2D eigenvalue weighted by Crippen LogP contribution is 2.17. The van der Waals surface area contributed by atoms with Gasteiger partial charge in [-0.25, -0.2) is 0 Å². The fourth-order valence-electron chi connectivity index (χ4n) is 1.50. The van der Waals surface area contributed by atoms with Gasteiger partial charge in [-0.3, -0.25) is 0 Å². The number of rotatable bonds is 1. The molecule has 0 saturated carbocycles. The van der Waals surface area contributed by atoms with E-state index in [-0.39, 0.29) is 0 Å². The average Bonchev–Trinajstić information content (AvgIpc) is 2.17. The minimum Gasteiger partial charge on any atom is -0.131 e. The molecule has 76 valence electrons. The summed E-state index contributed by atoms with van der Waals surface area (Å²) in [4.78, 5) is 0. The molecule has 0 amide bonds. The van der Waals surface area contributed by atoms with Gasteiger partial charge in [0.2, 0.25) is 5.82 Å². The molecule has 4 nitrogen and oxygen atoms in total. The Morgan fingerprint density at radius 2 is 1.27 bits per heavy atom. The van der Waals surface area contributed by atoms with Crippen molar-refractivity contribution in [2.24, 2.45) is 0 Å². The van der Waals surface area contributed by atoms with Crippen LogP contribution in [0.2, 0.25) is 0 Å². The summed E-state index contributed by atoms with van der Waals surface area (Å²) in [7, 11) is 0. The molecule has 2 rings (SSSR count). The van der Waals surface area contributed by atoms with Crippen LogP contribution in [0, 0.1) is 20.8 Å². The Morgan fingerprint density at radius 3 is 1.80 bits per heavy atom. The fraction of sp³-hybridized carbons (Fsp3) is 0.273. The average molecular weight is 200 g/mol. The van der Waals surface area contributed by atoms with Crippen molar-refractivity contribution in [3.05, 3.63) is 35.2 Å². The van der Waals surface area contributed by atoms with Gasteiger partial charge >= 0.3 is 0 Å². The van der Waals surface area contributed by atoms with Gasteiger partial charge in [0.15, 0.2) is 5.82 Å². The van der Waals surface area contributed by atoms with E-state index >= 15 is 0 Å². The van der Waals surface area contributed by atoms with Crippen LogP contribution in [-0.4, -0.2) is 20.4 Å². The molecule has 2 aromatic rings. The maximum atomic E-state index is 4.01. The van der Waals surface area contributed by atoms with Crippen molar-refractivity contribution < 1.29 is 0 Å². The summed E-state index contributed by atoms with van der Waals surface area (Å²) in [5.41, 5.74) is 3.34. The predicted octanol–water partition coefficient (Wildman–Crippen LogP) is 1.86. The molecule has 0 aliphatic rings. The third-order valence-electron chi connectivity index (χ3n) is 2.06. The lowest BCUT2D eigenvalue weighted by Crippen LogP contribution is -1.98. The van der Waals surface area contributed by atoms with Gasteiger partial charge in [0.1, 0.15) is 0 Å². The quantitative estimate of drug-likeness (QED) is 0.705. The zero-order chi connectivity index (χ0) is 10.8. The fourth-order valence-corrected chi connectivity index (χ4v) is 1.50. The molecule has 1 heterocycles. The monoisotopic (exact) mass is 200 g/mol. The minimum atomic E-state index is 0.576. The van der Waals surface area contributed by atoms with Crippen LogP contribution in [0.25, 0.3) is 11.4 Å². The summed E-state index contributed by atoms with van der Waals surface area (Å²) in [5.74, 6) is 1.16. The predicted molar refractivity (Wildman–Crippen MR) is 57.3 cm³/mol. The van der Waals surface area contributed by atoms with Crippen molar-refractivity contribution in [1.82, 2.24) is 20.4 Å². The molecule has 0 unspecified atom stereocenters. The molecule has 0 bridgehead atoms. The van der Waals surface area contributed by atoms with E-state index < -0.39 is 0 Å². The lowest BCUT2D eigenvalue weighted by atomic mass is 10.1. The van der Waals surface area contributed by atoms with Crippen LogP contribution in [-0.2, 0) is 0 Å². The Morgan fingerprint density at radius 1 is 0.733 bits per heavy atom. The molecular weight excluding hydrogens is 188 g/mol. The van der Waals surface area contributed by atoms with Gasteiger partial charge < -0.3 is 0 Å². The lowest BCUT2D eigenvalue weighted by Gasteiger charge is -2.02. The minimum absolute atomic E-state index is 0.576. The second-order valence-corrected chi connectivity index (χ2v) is 3.65. The van der Waals surface area contributed by atoms with E-state index in [9.17, 15) is 0 Å². The van der Waals surface area contributed by atoms with Crippen LogP contribution in [0.1, 0.15) is 17.0 Å². The van der Waals surface area contributed by atoms with Crippen LogP contribution in [0.4, 0.5) is 0 Å².